The van der Waals surface area contributed by atoms with E-state index in [9.17, 15) is 0 Å². The van der Waals surface area contributed by atoms with E-state index in [1.807, 2.05) is 7.11 Å². The molecule has 0 N–H and O–H groups in total. The van der Waals surface area contributed by atoms with E-state index in [0.717, 1.165) is 32.1 Å². The number of methoxy groups -OCH3 is 1. The Bertz CT molecular complexity index is 543. The van der Waals surface area contributed by atoms with Crippen LogP contribution in [0.2, 0.25) is 0 Å². The monoisotopic (exact) mass is 320 g/mol. The van der Waals surface area contributed by atoms with Gasteiger partial charge in [-0.05, 0) is 25.7 Å². The molecule has 128 valence electrons. The van der Waals surface area contributed by atoms with Gasteiger partial charge in [0.2, 0.25) is 0 Å². The van der Waals surface area contributed by atoms with Crippen LogP contribution in [0, 0.1) is 5.92 Å². The molecule has 2 aliphatic carbocycles. The Kier molecular flexibility index (Phi) is 4.39. The van der Waals surface area contributed by atoms with Gasteiger partial charge in [-0.3, -0.25) is 4.90 Å². The average molecular weight is 320 g/mol. The van der Waals surface area contributed by atoms with Crippen molar-refractivity contribution >= 4 is 0 Å². The van der Waals surface area contributed by atoms with Crippen LogP contribution < -0.4 is 0 Å². The molecular weight excluding hydrogens is 292 g/mol. The minimum Gasteiger partial charge on any atom is -0.381 e. The summed E-state index contributed by atoms with van der Waals surface area (Å²) in [7, 11) is 3.97. The van der Waals surface area contributed by atoms with E-state index in [4.69, 9.17) is 9.47 Å². The molecule has 0 radical (unpaired) electrons. The summed E-state index contributed by atoms with van der Waals surface area (Å²) in [6, 6.07) is 0.442. The van der Waals surface area contributed by atoms with Gasteiger partial charge in [0.1, 0.15) is 11.6 Å². The van der Waals surface area contributed by atoms with Gasteiger partial charge in [-0.2, -0.15) is 0 Å². The second-order valence-electron chi connectivity index (χ2n) is 7.29. The van der Waals surface area contributed by atoms with Crippen LogP contribution >= 0.6 is 0 Å². The number of ether oxygens (including phenoxy) is 2. The van der Waals surface area contributed by atoms with Gasteiger partial charge in [0.15, 0.2) is 0 Å². The summed E-state index contributed by atoms with van der Waals surface area (Å²) in [5.41, 5.74) is 0. The zero-order valence-electron chi connectivity index (χ0n) is 14.3. The van der Waals surface area contributed by atoms with Gasteiger partial charge in [-0.1, -0.05) is 6.42 Å². The van der Waals surface area contributed by atoms with Gasteiger partial charge in [-0.15, -0.1) is 10.2 Å². The Hall–Kier alpha value is -0.980. The van der Waals surface area contributed by atoms with Crippen LogP contribution in [0.15, 0.2) is 0 Å². The van der Waals surface area contributed by atoms with E-state index >= 15 is 0 Å². The fourth-order valence-electron chi connectivity index (χ4n) is 4.33. The second-order valence-corrected chi connectivity index (χ2v) is 7.29. The molecule has 23 heavy (non-hydrogen) atoms. The Morgan fingerprint density at radius 2 is 2.09 bits per heavy atom. The van der Waals surface area contributed by atoms with Crippen LogP contribution in [-0.2, 0) is 23.1 Å². The molecule has 0 amide bonds. The summed E-state index contributed by atoms with van der Waals surface area (Å²) in [6.07, 6.45) is 6.61. The zero-order chi connectivity index (χ0) is 15.8. The van der Waals surface area contributed by atoms with Gasteiger partial charge in [0.25, 0.3) is 0 Å². The first-order valence-electron chi connectivity index (χ1n) is 9.00. The first kappa shape index (κ1) is 15.5. The van der Waals surface area contributed by atoms with Crippen molar-refractivity contribution in [3.63, 3.8) is 0 Å². The maximum absolute atomic E-state index is 5.80. The molecule has 0 spiro atoms. The normalized spacial score (nSPS) is 32.5. The predicted molar refractivity (Wildman–Crippen MR) is 86.1 cm³/mol. The summed E-state index contributed by atoms with van der Waals surface area (Å²) in [6.45, 7) is 3.48. The molecule has 1 aliphatic heterocycles. The molecule has 6 heteroatoms. The standard InChI is InChI=1S/C17H28N4O2/c1-20-16(18-19-17(20)12-6-7-12)10-21-8-9-23-11-14(21)13-4-3-5-15(13)22-2/h12-15H,3-11H2,1-2H3/t13-,14-,15+/m0/s1. The van der Waals surface area contributed by atoms with E-state index in [1.165, 1.54) is 37.9 Å². The summed E-state index contributed by atoms with van der Waals surface area (Å²) in [4.78, 5) is 2.55. The highest BCUT2D eigenvalue weighted by Gasteiger charge is 2.39. The van der Waals surface area contributed by atoms with E-state index in [1.54, 1.807) is 0 Å². The second kappa shape index (κ2) is 6.49. The molecule has 6 nitrogen and oxygen atoms in total. The lowest BCUT2D eigenvalue weighted by molar-refractivity contribution is -0.0618. The molecule has 2 heterocycles. The van der Waals surface area contributed by atoms with E-state index in [0.29, 0.717) is 24.0 Å². The van der Waals surface area contributed by atoms with Crippen molar-refractivity contribution in [3.8, 4) is 0 Å². The molecule has 3 aliphatic rings. The molecule has 1 aromatic heterocycles. The van der Waals surface area contributed by atoms with Crippen LogP contribution in [0.1, 0.15) is 49.7 Å². The third-order valence-corrected chi connectivity index (χ3v) is 5.87. The van der Waals surface area contributed by atoms with Crippen molar-refractivity contribution in [2.75, 3.05) is 26.9 Å². The van der Waals surface area contributed by atoms with Gasteiger partial charge in [0.05, 0.1) is 25.9 Å². The lowest BCUT2D eigenvalue weighted by atomic mass is 9.94. The number of hydrogen-bond acceptors (Lipinski definition) is 5. The fourth-order valence-corrected chi connectivity index (χ4v) is 4.33. The maximum Gasteiger partial charge on any atom is 0.146 e. The van der Waals surface area contributed by atoms with Gasteiger partial charge in [-0.25, -0.2) is 0 Å². The third-order valence-electron chi connectivity index (χ3n) is 5.87. The average Bonchev–Trinajstić information content (AvgIpc) is 3.19. The summed E-state index contributed by atoms with van der Waals surface area (Å²) in [5.74, 6) is 3.48. The Labute approximate surface area is 138 Å². The van der Waals surface area contributed by atoms with Crippen molar-refractivity contribution in [3.05, 3.63) is 11.6 Å². The fraction of sp³-hybridized carbons (Fsp3) is 0.882. The largest absolute Gasteiger partial charge is 0.381 e. The van der Waals surface area contributed by atoms with Gasteiger partial charge >= 0.3 is 0 Å². The lowest BCUT2D eigenvalue weighted by Crippen LogP contribution is -2.51. The van der Waals surface area contributed by atoms with Gasteiger partial charge in [0, 0.05) is 38.6 Å². The predicted octanol–water partition coefficient (Wildman–Crippen LogP) is 1.71. The molecule has 1 aromatic rings. The zero-order valence-corrected chi connectivity index (χ0v) is 14.3. The van der Waals surface area contributed by atoms with E-state index < -0.39 is 0 Å². The number of nitrogens with zero attached hydrogens (tertiary/aromatic N) is 4. The van der Waals surface area contributed by atoms with Crippen LogP contribution in [0.4, 0.5) is 0 Å². The molecule has 4 rings (SSSR count). The molecule has 0 unspecified atom stereocenters. The molecule has 2 saturated carbocycles. The van der Waals surface area contributed by atoms with Crippen molar-refractivity contribution in [2.45, 2.75) is 56.7 Å². The lowest BCUT2D eigenvalue weighted by Gasteiger charge is -2.40. The Balaban J connectivity index is 1.49. The quantitative estimate of drug-likeness (QED) is 0.827. The SMILES string of the molecule is CO[C@@H]1CCC[C@H]1[C@@H]1COCCN1Cc1nnc(C2CC2)n1C. The number of hydrogen-bond donors (Lipinski definition) is 0. The molecule has 0 aromatic carbocycles. The van der Waals surface area contributed by atoms with Crippen LogP contribution in [-0.4, -0.2) is 58.7 Å². The molecule has 3 atom stereocenters. The first-order valence-corrected chi connectivity index (χ1v) is 9.00. The van der Waals surface area contributed by atoms with Crippen molar-refractivity contribution < 1.29 is 9.47 Å². The topological polar surface area (TPSA) is 52.4 Å². The Morgan fingerprint density at radius 3 is 2.87 bits per heavy atom. The van der Waals surface area contributed by atoms with Crippen LogP contribution in [0.25, 0.3) is 0 Å². The Morgan fingerprint density at radius 1 is 1.22 bits per heavy atom. The minimum atomic E-state index is 0.380. The molecular formula is C17H28N4O2. The molecule has 0 bridgehead atoms. The first-order chi connectivity index (χ1) is 11.3. The summed E-state index contributed by atoms with van der Waals surface area (Å²) >= 11 is 0. The molecule has 3 fully saturated rings. The molecule has 1 saturated heterocycles. The number of aromatic nitrogens is 3. The number of rotatable bonds is 5. The van der Waals surface area contributed by atoms with Crippen LogP contribution in [0.5, 0.6) is 0 Å². The third kappa shape index (κ3) is 3.04. The van der Waals surface area contributed by atoms with Crippen molar-refractivity contribution in [1.82, 2.24) is 19.7 Å². The highest BCUT2D eigenvalue weighted by atomic mass is 16.5. The summed E-state index contributed by atoms with van der Waals surface area (Å²) < 4.78 is 13.7. The highest BCUT2D eigenvalue weighted by molar-refractivity contribution is 5.08. The van der Waals surface area contributed by atoms with E-state index in [-0.39, 0.29) is 0 Å². The van der Waals surface area contributed by atoms with Gasteiger partial charge < -0.3 is 14.0 Å². The highest BCUT2D eigenvalue weighted by Crippen LogP contribution is 2.39. The van der Waals surface area contributed by atoms with Crippen molar-refractivity contribution in [1.29, 1.82) is 0 Å². The number of morpholine rings is 1. The maximum atomic E-state index is 5.80. The smallest absolute Gasteiger partial charge is 0.146 e. The van der Waals surface area contributed by atoms with Crippen molar-refractivity contribution in [2.24, 2.45) is 13.0 Å². The van der Waals surface area contributed by atoms with Crippen LogP contribution in [0.3, 0.4) is 0 Å². The summed E-state index contributed by atoms with van der Waals surface area (Å²) in [5, 5.41) is 8.90. The van der Waals surface area contributed by atoms with E-state index in [2.05, 4.69) is 26.7 Å². The minimum absolute atomic E-state index is 0.380.